The van der Waals surface area contributed by atoms with E-state index in [0.717, 1.165) is 31.8 Å². The molecular weight excluding hydrogens is 178 g/mol. The first kappa shape index (κ1) is 9.74. The first-order chi connectivity index (χ1) is 6.88. The number of hydrogen-bond donors (Lipinski definition) is 1. The normalized spacial score (nSPS) is 23.1. The van der Waals surface area contributed by atoms with Crippen LogP contribution in [-0.4, -0.2) is 42.4 Å². The maximum absolute atomic E-state index is 8.70. The van der Waals surface area contributed by atoms with Gasteiger partial charge in [-0.1, -0.05) is 6.08 Å². The highest BCUT2D eigenvalue weighted by atomic mass is 16.5. The number of aliphatic hydroxyl groups excluding tert-OH is 1. The van der Waals surface area contributed by atoms with E-state index in [1.54, 1.807) is 0 Å². The van der Waals surface area contributed by atoms with Gasteiger partial charge in [-0.2, -0.15) is 0 Å². The van der Waals surface area contributed by atoms with Crippen molar-refractivity contribution in [3.8, 4) is 0 Å². The molecule has 1 radical (unpaired) electrons. The molecule has 1 N–H and O–H groups in total. The van der Waals surface area contributed by atoms with Gasteiger partial charge in [-0.15, -0.1) is 0 Å². The Hall–Kier alpha value is -0.800. The number of allylic oxidation sites excluding steroid dienone is 3. The van der Waals surface area contributed by atoms with Crippen LogP contribution in [0.25, 0.3) is 0 Å². The molecule has 0 atom stereocenters. The van der Waals surface area contributed by atoms with Gasteiger partial charge in [0.05, 0.1) is 6.61 Å². The number of aliphatic hydroxyl groups is 1. The van der Waals surface area contributed by atoms with Crippen LogP contribution in [0.3, 0.4) is 0 Å². The van der Waals surface area contributed by atoms with E-state index in [2.05, 4.69) is 17.4 Å². The summed E-state index contributed by atoms with van der Waals surface area (Å²) in [6.45, 7) is 2.89. The Balaban J connectivity index is 1.68. The first-order valence-electron chi connectivity index (χ1n) is 5.08. The van der Waals surface area contributed by atoms with Gasteiger partial charge in [-0.3, -0.25) is 4.90 Å². The van der Waals surface area contributed by atoms with Crippen LogP contribution < -0.4 is 0 Å². The van der Waals surface area contributed by atoms with Crippen LogP contribution in [0.4, 0.5) is 0 Å². The monoisotopic (exact) mass is 194 g/mol. The molecule has 0 aromatic rings. The number of ether oxygens (including phenoxy) is 1. The van der Waals surface area contributed by atoms with E-state index in [9.17, 15) is 0 Å². The number of hydrogen-bond acceptors (Lipinski definition) is 3. The average Bonchev–Trinajstić information content (AvgIpc) is 2.16. The van der Waals surface area contributed by atoms with Crippen LogP contribution in [0.2, 0.25) is 0 Å². The standard InChI is InChI=1S/C11H16NO2/c13-7-6-12-8-11(9-12)14-10-4-2-1-3-5-10/h1-2,4-5,11,13H,3,6-9H2. The molecule has 3 nitrogen and oxygen atoms in total. The second-order valence-corrected chi connectivity index (χ2v) is 3.66. The molecule has 0 saturated carbocycles. The minimum Gasteiger partial charge on any atom is -0.488 e. The lowest BCUT2D eigenvalue weighted by molar-refractivity contribution is -0.0239. The van der Waals surface area contributed by atoms with Crippen LogP contribution in [-0.2, 0) is 4.74 Å². The zero-order valence-corrected chi connectivity index (χ0v) is 8.22. The quantitative estimate of drug-likeness (QED) is 0.716. The second kappa shape index (κ2) is 4.62. The van der Waals surface area contributed by atoms with E-state index < -0.39 is 0 Å². The Bertz CT molecular complexity index is 242. The summed E-state index contributed by atoms with van der Waals surface area (Å²) < 4.78 is 5.73. The maximum Gasteiger partial charge on any atom is 0.124 e. The van der Waals surface area contributed by atoms with Gasteiger partial charge >= 0.3 is 0 Å². The van der Waals surface area contributed by atoms with E-state index >= 15 is 0 Å². The van der Waals surface area contributed by atoms with Crippen molar-refractivity contribution in [2.45, 2.75) is 12.5 Å². The van der Waals surface area contributed by atoms with Crippen LogP contribution >= 0.6 is 0 Å². The van der Waals surface area contributed by atoms with Crippen molar-refractivity contribution in [2.75, 3.05) is 26.2 Å². The zero-order valence-electron chi connectivity index (χ0n) is 8.22. The molecule has 1 heterocycles. The van der Waals surface area contributed by atoms with Gasteiger partial charge in [-0.05, 0) is 25.0 Å². The summed E-state index contributed by atoms with van der Waals surface area (Å²) in [5.41, 5.74) is 0. The van der Waals surface area contributed by atoms with Crippen molar-refractivity contribution in [2.24, 2.45) is 0 Å². The highest BCUT2D eigenvalue weighted by Gasteiger charge is 2.27. The predicted octanol–water partition coefficient (Wildman–Crippen LogP) is 0.728. The molecule has 0 unspecified atom stereocenters. The fraction of sp³-hybridized carbons (Fsp3) is 0.545. The third-order valence-electron chi connectivity index (χ3n) is 2.49. The van der Waals surface area contributed by atoms with Crippen LogP contribution in [0.5, 0.6) is 0 Å². The van der Waals surface area contributed by atoms with Gasteiger partial charge in [-0.25, -0.2) is 0 Å². The topological polar surface area (TPSA) is 32.7 Å². The molecule has 0 bridgehead atoms. The fourth-order valence-corrected chi connectivity index (χ4v) is 1.69. The molecule has 2 aliphatic rings. The molecule has 0 amide bonds. The number of likely N-dealkylation sites (tertiary alicyclic amines) is 1. The lowest BCUT2D eigenvalue weighted by atomic mass is 10.1. The summed E-state index contributed by atoms with van der Waals surface area (Å²) in [4.78, 5) is 2.18. The van der Waals surface area contributed by atoms with E-state index in [1.807, 2.05) is 12.2 Å². The Morgan fingerprint density at radius 1 is 1.50 bits per heavy atom. The van der Waals surface area contributed by atoms with E-state index in [1.165, 1.54) is 0 Å². The van der Waals surface area contributed by atoms with Crippen molar-refractivity contribution >= 4 is 0 Å². The summed E-state index contributed by atoms with van der Waals surface area (Å²) in [5.74, 6) is 0.987. The van der Waals surface area contributed by atoms with E-state index in [0.29, 0.717) is 6.10 Å². The lowest BCUT2D eigenvalue weighted by Gasteiger charge is -2.38. The third-order valence-corrected chi connectivity index (χ3v) is 2.49. The molecular formula is C11H16NO2. The SMILES string of the molecule is OCCN1CC(OC2=CC[CH]C=C2)C1. The number of rotatable bonds is 4. The number of nitrogens with zero attached hydrogens (tertiary/aromatic N) is 1. The Morgan fingerprint density at radius 3 is 3.00 bits per heavy atom. The minimum absolute atomic E-state index is 0.240. The molecule has 0 aromatic heterocycles. The van der Waals surface area contributed by atoms with E-state index in [-0.39, 0.29) is 6.61 Å². The molecule has 1 fully saturated rings. The Labute approximate surface area is 84.7 Å². The second-order valence-electron chi connectivity index (χ2n) is 3.66. The molecule has 1 aliphatic carbocycles. The van der Waals surface area contributed by atoms with Gasteiger partial charge in [0, 0.05) is 19.6 Å². The fourth-order valence-electron chi connectivity index (χ4n) is 1.69. The lowest BCUT2D eigenvalue weighted by Crippen LogP contribution is -2.52. The number of β-amino-alcohol motifs (C(OH)–C–C–N with tert-alkyl or cyclic N) is 1. The van der Waals surface area contributed by atoms with E-state index in [4.69, 9.17) is 9.84 Å². The summed E-state index contributed by atoms with van der Waals surface area (Å²) >= 11 is 0. The summed E-state index contributed by atoms with van der Waals surface area (Å²) in [7, 11) is 0. The Morgan fingerprint density at radius 2 is 2.36 bits per heavy atom. The maximum atomic E-state index is 8.70. The molecule has 0 aromatic carbocycles. The summed E-state index contributed by atoms with van der Waals surface area (Å²) in [5, 5.41) is 8.70. The molecule has 1 aliphatic heterocycles. The Kier molecular flexibility index (Phi) is 3.22. The average molecular weight is 194 g/mol. The van der Waals surface area contributed by atoms with Gasteiger partial charge < -0.3 is 9.84 Å². The van der Waals surface area contributed by atoms with Crippen molar-refractivity contribution in [1.82, 2.24) is 4.90 Å². The summed E-state index contributed by atoms with van der Waals surface area (Å²) in [6.07, 6.45) is 9.51. The molecule has 77 valence electrons. The van der Waals surface area contributed by atoms with Crippen molar-refractivity contribution in [3.05, 3.63) is 30.4 Å². The molecule has 3 heteroatoms. The highest BCUT2D eigenvalue weighted by molar-refractivity contribution is 5.22. The first-order valence-corrected chi connectivity index (χ1v) is 5.08. The smallest absolute Gasteiger partial charge is 0.124 e. The predicted molar refractivity (Wildman–Crippen MR) is 54.5 cm³/mol. The van der Waals surface area contributed by atoms with Gasteiger partial charge in [0.2, 0.25) is 0 Å². The van der Waals surface area contributed by atoms with Crippen molar-refractivity contribution in [3.63, 3.8) is 0 Å². The molecule has 1 saturated heterocycles. The van der Waals surface area contributed by atoms with Gasteiger partial charge in [0.1, 0.15) is 11.9 Å². The van der Waals surface area contributed by atoms with Crippen molar-refractivity contribution < 1.29 is 9.84 Å². The van der Waals surface area contributed by atoms with Crippen molar-refractivity contribution in [1.29, 1.82) is 0 Å². The van der Waals surface area contributed by atoms with Crippen LogP contribution in [0, 0.1) is 6.42 Å². The zero-order chi connectivity index (χ0) is 9.80. The van der Waals surface area contributed by atoms with Crippen LogP contribution in [0.15, 0.2) is 24.0 Å². The molecule has 2 rings (SSSR count). The highest BCUT2D eigenvalue weighted by Crippen LogP contribution is 2.18. The largest absolute Gasteiger partial charge is 0.488 e. The summed E-state index contributed by atoms with van der Waals surface area (Å²) in [6, 6.07) is 0. The van der Waals surface area contributed by atoms with Gasteiger partial charge in [0.15, 0.2) is 0 Å². The van der Waals surface area contributed by atoms with Gasteiger partial charge in [0.25, 0.3) is 0 Å². The molecule has 0 spiro atoms. The van der Waals surface area contributed by atoms with Crippen LogP contribution in [0.1, 0.15) is 6.42 Å². The minimum atomic E-state index is 0.240. The third kappa shape index (κ3) is 2.36. The molecule has 14 heavy (non-hydrogen) atoms.